The van der Waals surface area contributed by atoms with E-state index in [9.17, 15) is 19.1 Å². The predicted octanol–water partition coefficient (Wildman–Crippen LogP) is 4.63. The Balaban J connectivity index is 1.40. The van der Waals surface area contributed by atoms with Crippen LogP contribution in [0.25, 0.3) is 11.1 Å². The minimum Gasteiger partial charge on any atom is -0.396 e. The smallest absolute Gasteiger partial charge is 0.251 e. The van der Waals surface area contributed by atoms with E-state index >= 15 is 0 Å². The van der Waals surface area contributed by atoms with E-state index in [4.69, 9.17) is 0 Å². The maximum absolute atomic E-state index is 14.6. The topological polar surface area (TPSA) is 95.1 Å². The van der Waals surface area contributed by atoms with Crippen molar-refractivity contribution in [1.29, 1.82) is 0 Å². The van der Waals surface area contributed by atoms with Crippen LogP contribution >= 0.6 is 0 Å². The molecule has 1 heterocycles. The molecule has 4 rings (SSSR count). The third kappa shape index (κ3) is 5.54. The highest BCUT2D eigenvalue weighted by molar-refractivity contribution is 5.97. The first kappa shape index (κ1) is 22.9. The van der Waals surface area contributed by atoms with Crippen LogP contribution in [0.15, 0.2) is 54.9 Å². The van der Waals surface area contributed by atoms with Crippen molar-refractivity contribution in [3.63, 3.8) is 0 Å². The summed E-state index contributed by atoms with van der Waals surface area (Å²) in [5.41, 5.74) is 2.75. The van der Waals surface area contributed by atoms with Gasteiger partial charge in [0.05, 0.1) is 11.8 Å². The number of ketones is 1. The molecule has 3 aromatic rings. The molecule has 1 aliphatic rings. The highest BCUT2D eigenvalue weighted by atomic mass is 19.1. The van der Waals surface area contributed by atoms with E-state index in [-0.39, 0.29) is 42.2 Å². The second kappa shape index (κ2) is 10.5. The number of aliphatic hydroxyl groups excluding tert-OH is 1. The van der Waals surface area contributed by atoms with Gasteiger partial charge in [-0.3, -0.25) is 14.7 Å². The zero-order valence-electron chi connectivity index (χ0n) is 18.4. The molecule has 7 heteroatoms. The summed E-state index contributed by atoms with van der Waals surface area (Å²) in [7, 11) is 0. The molecule has 172 valence electrons. The van der Waals surface area contributed by atoms with Gasteiger partial charge in [0.25, 0.3) is 5.91 Å². The first-order valence-electron chi connectivity index (χ1n) is 11.4. The van der Waals surface area contributed by atoms with Gasteiger partial charge in [0, 0.05) is 42.3 Å². The summed E-state index contributed by atoms with van der Waals surface area (Å²) in [6, 6.07) is 11.9. The Morgan fingerprint density at radius 2 is 1.97 bits per heavy atom. The number of benzene rings is 2. The monoisotopic (exact) mass is 449 g/mol. The Hall–Kier alpha value is -3.32. The third-order valence-electron chi connectivity index (χ3n) is 6.35. The molecule has 2 aromatic carbocycles. The van der Waals surface area contributed by atoms with Gasteiger partial charge in [-0.05, 0) is 54.7 Å². The third-order valence-corrected chi connectivity index (χ3v) is 6.35. The van der Waals surface area contributed by atoms with E-state index in [2.05, 4.69) is 15.5 Å². The molecule has 0 unspecified atom stereocenters. The van der Waals surface area contributed by atoms with Crippen molar-refractivity contribution >= 4 is 11.7 Å². The van der Waals surface area contributed by atoms with Crippen LogP contribution in [0.2, 0.25) is 0 Å². The number of rotatable bonds is 9. The van der Waals surface area contributed by atoms with Crippen molar-refractivity contribution in [2.24, 2.45) is 0 Å². The van der Waals surface area contributed by atoms with Gasteiger partial charge in [-0.15, -0.1) is 0 Å². The van der Waals surface area contributed by atoms with Crippen LogP contribution in [0.5, 0.6) is 0 Å². The number of aromatic nitrogens is 2. The summed E-state index contributed by atoms with van der Waals surface area (Å²) in [5.74, 6) is -1.33. The lowest BCUT2D eigenvalue weighted by atomic mass is 9.91. The Labute approximate surface area is 192 Å². The number of hydrogen-bond donors (Lipinski definition) is 3. The lowest BCUT2D eigenvalue weighted by Crippen LogP contribution is -2.32. The number of H-pyrrole nitrogens is 1. The summed E-state index contributed by atoms with van der Waals surface area (Å²) in [5, 5.41) is 19.5. The average molecular weight is 450 g/mol. The maximum atomic E-state index is 14.6. The van der Waals surface area contributed by atoms with Crippen molar-refractivity contribution in [1.82, 2.24) is 15.5 Å². The maximum Gasteiger partial charge on any atom is 0.251 e. The fourth-order valence-corrected chi connectivity index (χ4v) is 4.41. The van der Waals surface area contributed by atoms with Crippen LogP contribution in [0.4, 0.5) is 4.39 Å². The standard InChI is InChI=1S/C26H28FN3O3/c27-24-13-18(21-14-28-29-15-21)8-10-23(24)25(32)11-9-20(16-31)17-4-3-5-19(12-17)26(33)30-22-6-1-2-7-22/h3-5,8,10,12-15,20,22,31H,1-2,6-7,9,11,16H2,(H,28,29)(H,30,33)/t20-/m1/s1. The number of nitrogens with zero attached hydrogens (tertiary/aromatic N) is 1. The van der Waals surface area contributed by atoms with E-state index in [1.807, 2.05) is 6.07 Å². The van der Waals surface area contributed by atoms with Gasteiger partial charge in [0.2, 0.25) is 0 Å². The molecule has 1 aliphatic carbocycles. The molecular weight excluding hydrogens is 421 g/mol. The quantitative estimate of drug-likeness (QED) is 0.415. The molecule has 33 heavy (non-hydrogen) atoms. The normalized spacial score (nSPS) is 14.8. The van der Waals surface area contributed by atoms with Gasteiger partial charge in [-0.2, -0.15) is 5.10 Å². The van der Waals surface area contributed by atoms with Crippen LogP contribution in [0, 0.1) is 5.82 Å². The lowest BCUT2D eigenvalue weighted by Gasteiger charge is -2.17. The minimum absolute atomic E-state index is 0.0311. The zero-order chi connectivity index (χ0) is 23.2. The van der Waals surface area contributed by atoms with Gasteiger partial charge in [-0.25, -0.2) is 4.39 Å². The summed E-state index contributed by atoms with van der Waals surface area (Å²) >= 11 is 0. The molecule has 0 saturated heterocycles. The van der Waals surface area contributed by atoms with Crippen molar-refractivity contribution < 1.29 is 19.1 Å². The number of hydrogen-bond acceptors (Lipinski definition) is 4. The first-order chi connectivity index (χ1) is 16.0. The molecular formula is C26H28FN3O3. The summed E-state index contributed by atoms with van der Waals surface area (Å²) in [6.45, 7) is -0.164. The van der Waals surface area contributed by atoms with Gasteiger partial charge in [0.1, 0.15) is 5.82 Å². The molecule has 1 aromatic heterocycles. The number of aromatic amines is 1. The van der Waals surface area contributed by atoms with Crippen LogP contribution in [-0.4, -0.2) is 39.6 Å². The second-order valence-electron chi connectivity index (χ2n) is 8.60. The van der Waals surface area contributed by atoms with E-state index < -0.39 is 5.82 Å². The number of nitrogens with one attached hydrogen (secondary N) is 2. The van der Waals surface area contributed by atoms with Crippen molar-refractivity contribution in [2.45, 2.75) is 50.5 Å². The van der Waals surface area contributed by atoms with E-state index in [1.165, 1.54) is 12.1 Å². The molecule has 0 spiro atoms. The molecule has 0 radical (unpaired) electrons. The molecule has 1 atom stereocenters. The van der Waals surface area contributed by atoms with Gasteiger partial charge in [-0.1, -0.05) is 31.0 Å². The Bertz CT molecular complexity index is 1110. The number of halogens is 1. The fraction of sp³-hybridized carbons (Fsp3) is 0.346. The number of Topliss-reactive ketones (excluding diaryl/α,β-unsaturated/α-hetero) is 1. The molecule has 0 bridgehead atoms. The van der Waals surface area contributed by atoms with Crippen molar-refractivity contribution in [3.05, 3.63) is 77.4 Å². The van der Waals surface area contributed by atoms with E-state index in [0.29, 0.717) is 17.5 Å². The van der Waals surface area contributed by atoms with Gasteiger partial charge < -0.3 is 10.4 Å². The molecule has 1 saturated carbocycles. The van der Waals surface area contributed by atoms with Crippen LogP contribution in [-0.2, 0) is 0 Å². The Kier molecular flexibility index (Phi) is 7.29. The van der Waals surface area contributed by atoms with E-state index in [1.54, 1.807) is 36.7 Å². The first-order valence-corrected chi connectivity index (χ1v) is 11.4. The van der Waals surface area contributed by atoms with Crippen LogP contribution in [0.3, 0.4) is 0 Å². The van der Waals surface area contributed by atoms with Gasteiger partial charge >= 0.3 is 0 Å². The second-order valence-corrected chi connectivity index (χ2v) is 8.60. The lowest BCUT2D eigenvalue weighted by molar-refractivity contribution is 0.0934. The van der Waals surface area contributed by atoms with Gasteiger partial charge in [0.15, 0.2) is 5.78 Å². The number of carbonyl (C=O) groups is 2. The van der Waals surface area contributed by atoms with Crippen LogP contribution in [0.1, 0.15) is 70.7 Å². The molecule has 0 aliphatic heterocycles. The van der Waals surface area contributed by atoms with Crippen molar-refractivity contribution in [2.75, 3.05) is 6.61 Å². The van der Waals surface area contributed by atoms with Crippen LogP contribution < -0.4 is 5.32 Å². The molecule has 1 amide bonds. The largest absolute Gasteiger partial charge is 0.396 e. The zero-order valence-corrected chi connectivity index (χ0v) is 18.4. The highest BCUT2D eigenvalue weighted by Gasteiger charge is 2.20. The summed E-state index contributed by atoms with van der Waals surface area (Å²) in [4.78, 5) is 25.3. The average Bonchev–Trinajstić information content (AvgIpc) is 3.54. The number of aliphatic hydroxyl groups is 1. The Morgan fingerprint density at radius 1 is 1.15 bits per heavy atom. The number of amides is 1. The highest BCUT2D eigenvalue weighted by Crippen LogP contribution is 2.26. The molecule has 6 nitrogen and oxygen atoms in total. The minimum atomic E-state index is -0.579. The van der Waals surface area contributed by atoms with Crippen molar-refractivity contribution in [3.8, 4) is 11.1 Å². The summed E-state index contributed by atoms with van der Waals surface area (Å²) in [6.07, 6.45) is 7.97. The fourth-order valence-electron chi connectivity index (χ4n) is 4.41. The predicted molar refractivity (Wildman–Crippen MR) is 124 cm³/mol. The van der Waals surface area contributed by atoms with E-state index in [0.717, 1.165) is 36.8 Å². The molecule has 1 fully saturated rings. The molecule has 3 N–H and O–H groups in total. The SMILES string of the molecule is O=C(NC1CCCC1)c1cccc([C@@H](CO)CCC(=O)c2ccc(-c3cn[nH]c3)cc2F)c1. The number of carbonyl (C=O) groups excluding carboxylic acids is 2. The summed E-state index contributed by atoms with van der Waals surface area (Å²) < 4.78 is 14.6. The Morgan fingerprint density at radius 3 is 2.67 bits per heavy atom.